The van der Waals surface area contributed by atoms with Gasteiger partial charge in [-0.25, -0.2) is 0 Å². The van der Waals surface area contributed by atoms with Gasteiger partial charge in [-0.15, -0.1) is 11.3 Å². The fourth-order valence-electron chi connectivity index (χ4n) is 2.27. The molecule has 0 bridgehead atoms. The fourth-order valence-corrected chi connectivity index (χ4v) is 3.57. The van der Waals surface area contributed by atoms with Crippen molar-refractivity contribution in [1.29, 1.82) is 0 Å². The Morgan fingerprint density at radius 1 is 1.50 bits per heavy atom. The number of amides is 1. The van der Waals surface area contributed by atoms with Crippen LogP contribution in [-0.4, -0.2) is 24.4 Å². The molecule has 0 spiro atoms. The Morgan fingerprint density at radius 3 is 2.89 bits per heavy atom. The largest absolute Gasteiger partial charge is 0.495 e. The zero-order valence-electron chi connectivity index (χ0n) is 10.4. The average Bonchev–Trinajstić information content (AvgIpc) is 2.86. The molecule has 1 aromatic heterocycles. The summed E-state index contributed by atoms with van der Waals surface area (Å²) in [6.45, 7) is 0.777. The molecule has 0 radical (unpaired) electrons. The molecular formula is C13H18BrNO2S. The number of nitrogens with one attached hydrogen (secondary N) is 1. The van der Waals surface area contributed by atoms with Crippen molar-refractivity contribution in [3.05, 3.63) is 16.3 Å². The summed E-state index contributed by atoms with van der Waals surface area (Å²) in [6, 6.07) is 1.83. The lowest BCUT2D eigenvalue weighted by atomic mass is 9.89. The van der Waals surface area contributed by atoms with Gasteiger partial charge < -0.3 is 10.1 Å². The third-order valence-electron chi connectivity index (χ3n) is 3.38. The average molecular weight is 332 g/mol. The van der Waals surface area contributed by atoms with Crippen LogP contribution < -0.4 is 10.1 Å². The number of hydrogen-bond acceptors (Lipinski definition) is 3. The van der Waals surface area contributed by atoms with Gasteiger partial charge in [0.1, 0.15) is 10.6 Å². The topological polar surface area (TPSA) is 38.3 Å². The summed E-state index contributed by atoms with van der Waals surface area (Å²) in [5.41, 5.74) is 0. The van der Waals surface area contributed by atoms with Crippen molar-refractivity contribution in [2.45, 2.75) is 30.5 Å². The highest BCUT2D eigenvalue weighted by Gasteiger charge is 2.20. The van der Waals surface area contributed by atoms with E-state index in [2.05, 4.69) is 21.2 Å². The summed E-state index contributed by atoms with van der Waals surface area (Å²) in [7, 11) is 1.59. The van der Waals surface area contributed by atoms with Gasteiger partial charge in [-0.1, -0.05) is 15.9 Å². The van der Waals surface area contributed by atoms with E-state index in [1.807, 2.05) is 11.4 Å². The lowest BCUT2D eigenvalue weighted by Gasteiger charge is -2.25. The van der Waals surface area contributed by atoms with Gasteiger partial charge in [0.05, 0.1) is 7.11 Å². The predicted molar refractivity (Wildman–Crippen MR) is 77.9 cm³/mol. The van der Waals surface area contributed by atoms with Crippen molar-refractivity contribution < 1.29 is 9.53 Å². The van der Waals surface area contributed by atoms with Crippen LogP contribution in [0.25, 0.3) is 0 Å². The molecule has 1 aliphatic rings. The van der Waals surface area contributed by atoms with Crippen LogP contribution in [0.4, 0.5) is 0 Å². The van der Waals surface area contributed by atoms with Crippen LogP contribution in [0.15, 0.2) is 11.4 Å². The second-order valence-electron chi connectivity index (χ2n) is 4.65. The van der Waals surface area contributed by atoms with Crippen LogP contribution in [0.3, 0.4) is 0 Å². The van der Waals surface area contributed by atoms with E-state index < -0.39 is 0 Å². The molecule has 1 amide bonds. The second-order valence-corrected chi connectivity index (χ2v) is 6.86. The van der Waals surface area contributed by atoms with E-state index in [9.17, 15) is 4.79 Å². The molecule has 0 aliphatic heterocycles. The third-order valence-corrected chi connectivity index (χ3v) is 5.19. The zero-order chi connectivity index (χ0) is 13.0. The maximum Gasteiger partial charge on any atom is 0.265 e. The first-order valence-electron chi connectivity index (χ1n) is 6.24. The Bertz CT molecular complexity index is 399. The van der Waals surface area contributed by atoms with E-state index in [0.717, 1.165) is 6.54 Å². The molecule has 0 aromatic carbocycles. The molecule has 1 saturated carbocycles. The van der Waals surface area contributed by atoms with Crippen molar-refractivity contribution in [3.63, 3.8) is 0 Å². The van der Waals surface area contributed by atoms with Crippen LogP contribution >= 0.6 is 27.3 Å². The molecule has 2 rings (SSSR count). The van der Waals surface area contributed by atoms with Crippen molar-refractivity contribution in [1.82, 2.24) is 5.32 Å². The number of carbonyl (C=O) groups is 1. The molecule has 100 valence electrons. The van der Waals surface area contributed by atoms with Gasteiger partial charge in [0.25, 0.3) is 5.91 Å². The minimum atomic E-state index is -0.0113. The number of ether oxygens (including phenoxy) is 1. The smallest absolute Gasteiger partial charge is 0.265 e. The minimum Gasteiger partial charge on any atom is -0.495 e. The predicted octanol–water partition coefficient (Wildman–Crippen LogP) is 3.44. The number of alkyl halides is 1. The molecule has 1 heterocycles. The minimum absolute atomic E-state index is 0.0113. The van der Waals surface area contributed by atoms with Crippen LogP contribution in [0.2, 0.25) is 0 Å². The van der Waals surface area contributed by atoms with Gasteiger partial charge in [-0.05, 0) is 43.0 Å². The summed E-state index contributed by atoms with van der Waals surface area (Å²) in [5, 5.41) is 4.90. The number of thiophene rings is 1. The number of hydrogen-bond donors (Lipinski definition) is 1. The molecular weight excluding hydrogens is 314 g/mol. The summed E-state index contributed by atoms with van der Waals surface area (Å²) < 4.78 is 5.16. The van der Waals surface area contributed by atoms with E-state index >= 15 is 0 Å². The highest BCUT2D eigenvalue weighted by molar-refractivity contribution is 9.09. The standard InChI is InChI=1S/C13H18BrNO2S/c1-17-11-6-7-18-12(11)13(16)15-8-9-2-4-10(14)5-3-9/h6-7,9-10H,2-5,8H2,1H3,(H,15,16). The molecule has 0 atom stereocenters. The number of halogens is 1. The molecule has 5 heteroatoms. The van der Waals surface area contributed by atoms with Crippen LogP contribution in [0.5, 0.6) is 5.75 Å². The van der Waals surface area contributed by atoms with Crippen LogP contribution in [-0.2, 0) is 0 Å². The van der Waals surface area contributed by atoms with Crippen molar-refractivity contribution in [3.8, 4) is 5.75 Å². The molecule has 0 saturated heterocycles. The maximum absolute atomic E-state index is 12.0. The molecule has 0 unspecified atom stereocenters. The monoisotopic (exact) mass is 331 g/mol. The Morgan fingerprint density at radius 2 is 2.22 bits per heavy atom. The SMILES string of the molecule is COc1ccsc1C(=O)NCC1CCC(Br)CC1. The van der Waals surface area contributed by atoms with Gasteiger partial charge in [-0.2, -0.15) is 0 Å². The zero-order valence-corrected chi connectivity index (χ0v) is 12.9. The van der Waals surface area contributed by atoms with Gasteiger partial charge in [-0.3, -0.25) is 4.79 Å². The Hall–Kier alpha value is -0.550. The van der Waals surface area contributed by atoms with Crippen molar-refractivity contribution in [2.75, 3.05) is 13.7 Å². The quantitative estimate of drug-likeness (QED) is 0.858. The van der Waals surface area contributed by atoms with E-state index in [1.165, 1.54) is 37.0 Å². The summed E-state index contributed by atoms with van der Waals surface area (Å²) in [5.74, 6) is 1.28. The lowest BCUT2D eigenvalue weighted by Crippen LogP contribution is -2.31. The maximum atomic E-state index is 12.0. The summed E-state index contributed by atoms with van der Waals surface area (Å²) in [4.78, 5) is 13.3. The molecule has 1 N–H and O–H groups in total. The van der Waals surface area contributed by atoms with Gasteiger partial charge in [0, 0.05) is 11.4 Å². The van der Waals surface area contributed by atoms with E-state index in [-0.39, 0.29) is 5.91 Å². The molecule has 1 aromatic rings. The van der Waals surface area contributed by atoms with Gasteiger partial charge >= 0.3 is 0 Å². The highest BCUT2D eigenvalue weighted by atomic mass is 79.9. The van der Waals surface area contributed by atoms with E-state index in [1.54, 1.807) is 7.11 Å². The first kappa shape index (κ1) is 13.9. The first-order chi connectivity index (χ1) is 8.70. The van der Waals surface area contributed by atoms with Crippen LogP contribution in [0, 0.1) is 5.92 Å². The third kappa shape index (κ3) is 3.48. The van der Waals surface area contributed by atoms with Crippen molar-refractivity contribution in [2.24, 2.45) is 5.92 Å². The Labute approximate surface area is 120 Å². The summed E-state index contributed by atoms with van der Waals surface area (Å²) in [6.07, 6.45) is 4.81. The van der Waals surface area contributed by atoms with Gasteiger partial charge in [0.2, 0.25) is 0 Å². The first-order valence-corrected chi connectivity index (χ1v) is 8.04. The van der Waals surface area contributed by atoms with E-state index in [0.29, 0.717) is 21.4 Å². The van der Waals surface area contributed by atoms with Gasteiger partial charge in [0.15, 0.2) is 0 Å². The van der Waals surface area contributed by atoms with E-state index in [4.69, 9.17) is 4.74 Å². The normalized spacial score (nSPS) is 23.7. The second kappa shape index (κ2) is 6.57. The molecule has 3 nitrogen and oxygen atoms in total. The molecule has 18 heavy (non-hydrogen) atoms. The Kier molecular flexibility index (Phi) is 5.06. The molecule has 1 aliphatic carbocycles. The number of carbonyl (C=O) groups excluding carboxylic acids is 1. The fraction of sp³-hybridized carbons (Fsp3) is 0.615. The highest BCUT2D eigenvalue weighted by Crippen LogP contribution is 2.28. The lowest BCUT2D eigenvalue weighted by molar-refractivity contribution is 0.0945. The summed E-state index contributed by atoms with van der Waals surface area (Å²) >= 11 is 5.07. The number of rotatable bonds is 4. The van der Waals surface area contributed by atoms with Crippen LogP contribution in [0.1, 0.15) is 35.4 Å². The number of methoxy groups -OCH3 is 1. The Balaban J connectivity index is 1.81. The van der Waals surface area contributed by atoms with Crippen molar-refractivity contribution >= 4 is 33.2 Å². The molecule has 1 fully saturated rings.